The first kappa shape index (κ1) is 11.8. The molecule has 3 rings (SSSR count). The van der Waals surface area contributed by atoms with Gasteiger partial charge in [-0.05, 0) is 44.9 Å². The molecule has 0 saturated carbocycles. The molecule has 0 bridgehead atoms. The van der Waals surface area contributed by atoms with E-state index >= 15 is 0 Å². The molecular formula is C15H22N2O. The molecule has 3 nitrogen and oxygen atoms in total. The van der Waals surface area contributed by atoms with E-state index in [1.807, 2.05) is 0 Å². The Morgan fingerprint density at radius 1 is 1.39 bits per heavy atom. The highest BCUT2D eigenvalue weighted by Gasteiger charge is 2.32. The summed E-state index contributed by atoms with van der Waals surface area (Å²) in [5, 5.41) is 3.53. The Labute approximate surface area is 109 Å². The monoisotopic (exact) mass is 246 g/mol. The Balaban J connectivity index is 1.95. The zero-order chi connectivity index (χ0) is 12.5. The van der Waals surface area contributed by atoms with Crippen LogP contribution >= 0.6 is 0 Å². The maximum atomic E-state index is 5.98. The molecule has 0 radical (unpaired) electrons. The fraction of sp³-hybridized carbons (Fsp3) is 0.600. The lowest BCUT2D eigenvalue weighted by molar-refractivity contribution is 0.243. The van der Waals surface area contributed by atoms with Crippen LogP contribution in [-0.4, -0.2) is 31.8 Å². The Morgan fingerprint density at radius 3 is 3.11 bits per heavy atom. The number of anilines is 1. The molecule has 2 aliphatic heterocycles. The number of para-hydroxylation sites is 1. The molecule has 0 aromatic heterocycles. The summed E-state index contributed by atoms with van der Waals surface area (Å²) in [7, 11) is 0. The fourth-order valence-corrected chi connectivity index (χ4v) is 3.07. The van der Waals surface area contributed by atoms with Crippen molar-refractivity contribution < 1.29 is 4.74 Å². The van der Waals surface area contributed by atoms with Crippen molar-refractivity contribution in [2.45, 2.75) is 38.8 Å². The molecule has 2 heterocycles. The van der Waals surface area contributed by atoms with Crippen LogP contribution in [0.15, 0.2) is 18.2 Å². The number of nitrogens with zero attached hydrogens (tertiary/aromatic N) is 1. The summed E-state index contributed by atoms with van der Waals surface area (Å²) in [6.07, 6.45) is 2.60. The van der Waals surface area contributed by atoms with E-state index in [0.717, 1.165) is 31.8 Å². The van der Waals surface area contributed by atoms with Crippen molar-refractivity contribution in [2.24, 2.45) is 0 Å². The highest BCUT2D eigenvalue weighted by atomic mass is 16.5. The molecule has 1 fully saturated rings. The molecule has 1 aromatic carbocycles. The number of benzene rings is 1. The van der Waals surface area contributed by atoms with Crippen LogP contribution in [0.25, 0.3) is 0 Å². The van der Waals surface area contributed by atoms with E-state index in [4.69, 9.17) is 4.74 Å². The first-order chi connectivity index (χ1) is 8.75. The van der Waals surface area contributed by atoms with Crippen LogP contribution in [0.3, 0.4) is 0 Å². The van der Waals surface area contributed by atoms with E-state index in [0.29, 0.717) is 6.04 Å². The lowest BCUT2D eigenvalue weighted by Crippen LogP contribution is -2.37. The van der Waals surface area contributed by atoms with Crippen molar-refractivity contribution in [1.82, 2.24) is 5.32 Å². The molecule has 0 aliphatic carbocycles. The molecule has 1 atom stereocenters. The molecule has 3 heteroatoms. The third-order valence-corrected chi connectivity index (χ3v) is 3.76. The summed E-state index contributed by atoms with van der Waals surface area (Å²) in [6, 6.07) is 7.09. The average molecular weight is 246 g/mol. The van der Waals surface area contributed by atoms with E-state index in [-0.39, 0.29) is 6.10 Å². The van der Waals surface area contributed by atoms with Crippen LogP contribution in [0.4, 0.5) is 5.69 Å². The van der Waals surface area contributed by atoms with Crippen molar-refractivity contribution in [3.8, 4) is 5.75 Å². The number of nitrogens with one attached hydrogen (secondary N) is 1. The lowest BCUT2D eigenvalue weighted by atomic mass is 10.1. The number of ether oxygens (including phenoxy) is 1. The van der Waals surface area contributed by atoms with E-state index in [1.165, 1.54) is 17.7 Å². The van der Waals surface area contributed by atoms with Gasteiger partial charge in [-0.25, -0.2) is 0 Å². The van der Waals surface area contributed by atoms with Crippen molar-refractivity contribution >= 4 is 5.69 Å². The molecular weight excluding hydrogens is 224 g/mol. The molecule has 18 heavy (non-hydrogen) atoms. The highest BCUT2D eigenvalue weighted by Crippen LogP contribution is 2.40. The van der Waals surface area contributed by atoms with Crippen molar-refractivity contribution in [2.75, 3.05) is 24.5 Å². The van der Waals surface area contributed by atoms with E-state index < -0.39 is 0 Å². The van der Waals surface area contributed by atoms with Gasteiger partial charge in [0.25, 0.3) is 0 Å². The Morgan fingerprint density at radius 2 is 2.28 bits per heavy atom. The maximum Gasteiger partial charge on any atom is 0.143 e. The van der Waals surface area contributed by atoms with Gasteiger partial charge < -0.3 is 15.0 Å². The molecule has 98 valence electrons. The van der Waals surface area contributed by atoms with Crippen LogP contribution in [0.2, 0.25) is 0 Å². The Kier molecular flexibility index (Phi) is 3.16. The van der Waals surface area contributed by atoms with Crippen LogP contribution in [-0.2, 0) is 6.42 Å². The standard InChI is InChI=1S/C15H22N2O/c1-11(2)18-14-6-3-5-12-9-13-10-16-7-4-8-17(13)15(12)14/h3,5-6,11,13,16H,4,7-10H2,1-2H3. The predicted octanol–water partition coefficient (Wildman–Crippen LogP) is 2.20. The number of hydrogen-bond acceptors (Lipinski definition) is 3. The van der Waals surface area contributed by atoms with Gasteiger partial charge in [-0.3, -0.25) is 0 Å². The van der Waals surface area contributed by atoms with Gasteiger partial charge in [0.1, 0.15) is 5.75 Å². The molecule has 1 saturated heterocycles. The lowest BCUT2D eigenvalue weighted by Gasteiger charge is -2.26. The SMILES string of the molecule is CC(C)Oc1cccc2c1N1CCCNCC1C2. The Hall–Kier alpha value is -1.22. The predicted molar refractivity (Wildman–Crippen MR) is 74.5 cm³/mol. The van der Waals surface area contributed by atoms with E-state index in [2.05, 4.69) is 42.3 Å². The highest BCUT2D eigenvalue weighted by molar-refractivity contribution is 5.68. The summed E-state index contributed by atoms with van der Waals surface area (Å²) >= 11 is 0. The van der Waals surface area contributed by atoms with Gasteiger partial charge in [-0.1, -0.05) is 12.1 Å². The van der Waals surface area contributed by atoms with E-state index in [1.54, 1.807) is 0 Å². The third kappa shape index (κ3) is 2.07. The van der Waals surface area contributed by atoms with Crippen molar-refractivity contribution in [3.63, 3.8) is 0 Å². The molecule has 1 N–H and O–H groups in total. The maximum absolute atomic E-state index is 5.98. The molecule has 1 aromatic rings. The van der Waals surface area contributed by atoms with Gasteiger partial charge in [0.2, 0.25) is 0 Å². The zero-order valence-electron chi connectivity index (χ0n) is 11.3. The minimum atomic E-state index is 0.237. The summed E-state index contributed by atoms with van der Waals surface area (Å²) in [5.74, 6) is 1.06. The van der Waals surface area contributed by atoms with E-state index in [9.17, 15) is 0 Å². The number of rotatable bonds is 2. The van der Waals surface area contributed by atoms with Gasteiger partial charge in [-0.2, -0.15) is 0 Å². The largest absolute Gasteiger partial charge is 0.489 e. The van der Waals surface area contributed by atoms with Gasteiger partial charge >= 0.3 is 0 Å². The van der Waals surface area contributed by atoms with Gasteiger partial charge in [0, 0.05) is 19.1 Å². The molecule has 2 aliphatic rings. The third-order valence-electron chi connectivity index (χ3n) is 3.76. The van der Waals surface area contributed by atoms with Crippen molar-refractivity contribution in [3.05, 3.63) is 23.8 Å². The molecule has 0 amide bonds. The van der Waals surface area contributed by atoms with Gasteiger partial charge in [0.05, 0.1) is 11.8 Å². The second kappa shape index (κ2) is 4.81. The van der Waals surface area contributed by atoms with Crippen LogP contribution in [0.1, 0.15) is 25.8 Å². The van der Waals surface area contributed by atoms with Gasteiger partial charge in [0.15, 0.2) is 0 Å². The average Bonchev–Trinajstić information content (AvgIpc) is 2.52. The minimum Gasteiger partial charge on any atom is -0.489 e. The molecule has 1 unspecified atom stereocenters. The fourth-order valence-electron chi connectivity index (χ4n) is 3.07. The molecule has 0 spiro atoms. The topological polar surface area (TPSA) is 24.5 Å². The Bertz CT molecular complexity index is 431. The summed E-state index contributed by atoms with van der Waals surface area (Å²) in [4.78, 5) is 2.55. The minimum absolute atomic E-state index is 0.237. The first-order valence-corrected chi connectivity index (χ1v) is 7.01. The smallest absolute Gasteiger partial charge is 0.143 e. The summed E-state index contributed by atoms with van der Waals surface area (Å²) in [6.45, 7) is 7.56. The van der Waals surface area contributed by atoms with Crippen LogP contribution in [0.5, 0.6) is 5.75 Å². The summed E-state index contributed by atoms with van der Waals surface area (Å²) < 4.78 is 5.98. The van der Waals surface area contributed by atoms with Gasteiger partial charge in [-0.15, -0.1) is 0 Å². The van der Waals surface area contributed by atoms with Crippen molar-refractivity contribution in [1.29, 1.82) is 0 Å². The quantitative estimate of drug-likeness (QED) is 0.866. The number of hydrogen-bond donors (Lipinski definition) is 1. The second-order valence-corrected chi connectivity index (χ2v) is 5.54. The normalized spacial score (nSPS) is 22.6. The second-order valence-electron chi connectivity index (χ2n) is 5.54. The first-order valence-electron chi connectivity index (χ1n) is 7.01. The van der Waals surface area contributed by atoms with Crippen LogP contribution < -0.4 is 15.0 Å². The van der Waals surface area contributed by atoms with Crippen LogP contribution in [0, 0.1) is 0 Å². The zero-order valence-corrected chi connectivity index (χ0v) is 11.3. The summed E-state index contributed by atoms with van der Waals surface area (Å²) in [5.41, 5.74) is 2.79. The number of fused-ring (bicyclic) bond motifs is 3.